The molecular weight excluding hydrogens is 347 g/mol. The Balaban J connectivity index is 2.02. The van der Waals surface area contributed by atoms with Gasteiger partial charge in [-0.1, -0.05) is 17.3 Å². The number of methoxy groups -OCH3 is 1. The molecule has 0 fully saturated rings. The minimum atomic E-state index is -4.66. The van der Waals surface area contributed by atoms with Crippen LogP contribution in [0, 0.1) is 11.3 Å². The van der Waals surface area contributed by atoms with E-state index in [9.17, 15) is 13.2 Å². The van der Waals surface area contributed by atoms with Gasteiger partial charge in [0, 0.05) is 5.56 Å². The van der Waals surface area contributed by atoms with Crippen LogP contribution in [0.2, 0.25) is 0 Å². The monoisotopic (exact) mass is 359 g/mol. The van der Waals surface area contributed by atoms with Crippen molar-refractivity contribution in [1.29, 1.82) is 5.26 Å². The average Bonchev–Trinajstić information content (AvgIpc) is 3.06. The summed E-state index contributed by atoms with van der Waals surface area (Å²) < 4.78 is 44.9. The largest absolute Gasteiger partial charge is 0.497 e. The van der Waals surface area contributed by atoms with Crippen LogP contribution in [-0.4, -0.2) is 30.8 Å². The van der Waals surface area contributed by atoms with Crippen LogP contribution in [0.3, 0.4) is 0 Å². The predicted molar refractivity (Wildman–Crippen MR) is 88.7 cm³/mol. The van der Waals surface area contributed by atoms with Gasteiger partial charge in [-0.15, -0.1) is 0 Å². The van der Waals surface area contributed by atoms with Gasteiger partial charge in [0.05, 0.1) is 24.4 Å². The van der Waals surface area contributed by atoms with Gasteiger partial charge >= 0.3 is 6.18 Å². The highest BCUT2D eigenvalue weighted by Crippen LogP contribution is 2.31. The fraction of sp³-hybridized carbons (Fsp3) is 0.167. The summed E-state index contributed by atoms with van der Waals surface area (Å²) in [6.45, 7) is 0. The highest BCUT2D eigenvalue weighted by molar-refractivity contribution is 6.51. The van der Waals surface area contributed by atoms with E-state index in [0.29, 0.717) is 22.6 Å². The molecule has 0 N–H and O–H groups in total. The molecule has 1 atom stereocenters. The number of nitrogens with zero attached hydrogens (tertiary/aromatic N) is 3. The third kappa shape index (κ3) is 3.52. The van der Waals surface area contributed by atoms with Crippen molar-refractivity contribution in [2.24, 2.45) is 10.1 Å². The van der Waals surface area contributed by atoms with Gasteiger partial charge in [-0.3, -0.25) is 0 Å². The summed E-state index contributed by atoms with van der Waals surface area (Å²) in [6, 6.07) is 14.2. The molecule has 26 heavy (non-hydrogen) atoms. The molecule has 3 rings (SSSR count). The SMILES string of the molecule is COc1ccc(N=C2C(c3ccc(C#N)cc3)=NOC2C(F)(F)F)cc1. The van der Waals surface area contributed by atoms with E-state index in [0.717, 1.165) is 0 Å². The molecule has 0 aromatic heterocycles. The first-order chi connectivity index (χ1) is 12.4. The molecular formula is C18H12F3N3O2. The lowest BCUT2D eigenvalue weighted by Gasteiger charge is -2.14. The van der Waals surface area contributed by atoms with Gasteiger partial charge < -0.3 is 9.57 Å². The Morgan fingerprint density at radius 3 is 2.31 bits per heavy atom. The molecule has 0 radical (unpaired) electrons. The molecule has 0 spiro atoms. The molecule has 1 aliphatic rings. The average molecular weight is 359 g/mol. The second-order valence-corrected chi connectivity index (χ2v) is 5.35. The molecule has 8 heteroatoms. The maximum absolute atomic E-state index is 13.3. The van der Waals surface area contributed by atoms with Crippen molar-refractivity contribution < 1.29 is 22.7 Å². The van der Waals surface area contributed by atoms with E-state index in [1.165, 1.54) is 43.5 Å². The van der Waals surface area contributed by atoms with Gasteiger partial charge in [-0.05, 0) is 36.4 Å². The van der Waals surface area contributed by atoms with E-state index < -0.39 is 12.3 Å². The van der Waals surface area contributed by atoms with Crippen LogP contribution in [-0.2, 0) is 4.84 Å². The van der Waals surface area contributed by atoms with Crippen LogP contribution in [0.4, 0.5) is 18.9 Å². The van der Waals surface area contributed by atoms with E-state index in [1.54, 1.807) is 12.1 Å². The van der Waals surface area contributed by atoms with Crippen LogP contribution >= 0.6 is 0 Å². The Bertz CT molecular complexity index is 895. The van der Waals surface area contributed by atoms with Crippen molar-refractivity contribution in [3.63, 3.8) is 0 Å². The van der Waals surface area contributed by atoms with Gasteiger partial charge in [0.25, 0.3) is 6.10 Å². The third-order valence-electron chi connectivity index (χ3n) is 3.65. The second kappa shape index (κ2) is 6.88. The third-order valence-corrected chi connectivity index (χ3v) is 3.65. The Kier molecular flexibility index (Phi) is 4.63. The lowest BCUT2D eigenvalue weighted by Crippen LogP contribution is -2.37. The number of aliphatic imine (C=N–C) groups is 1. The Labute approximate surface area is 147 Å². The molecule has 5 nitrogen and oxygen atoms in total. The summed E-state index contributed by atoms with van der Waals surface area (Å²) >= 11 is 0. The Morgan fingerprint density at radius 2 is 1.77 bits per heavy atom. The molecule has 1 unspecified atom stereocenters. The Hall–Kier alpha value is -3.34. The molecule has 0 amide bonds. The number of halogens is 3. The molecule has 132 valence electrons. The topological polar surface area (TPSA) is 67.0 Å². The fourth-order valence-electron chi connectivity index (χ4n) is 2.35. The minimum absolute atomic E-state index is 0.0207. The summed E-state index contributed by atoms with van der Waals surface area (Å²) in [5.41, 5.74) is 0.708. The molecule has 1 aliphatic heterocycles. The Morgan fingerprint density at radius 1 is 1.12 bits per heavy atom. The van der Waals surface area contributed by atoms with Crippen molar-refractivity contribution in [1.82, 2.24) is 0 Å². The second-order valence-electron chi connectivity index (χ2n) is 5.35. The maximum atomic E-state index is 13.3. The number of hydrogen-bond acceptors (Lipinski definition) is 5. The normalized spacial score (nSPS) is 18.2. The first-order valence-corrected chi connectivity index (χ1v) is 7.46. The molecule has 0 saturated carbocycles. The standard InChI is InChI=1S/C18H12F3N3O2/c1-25-14-8-6-13(7-9-14)23-16-15(24-26-17(16)18(19,20)21)12-4-2-11(10-22)3-5-12/h2-9,17H,1H3. The van der Waals surface area contributed by atoms with E-state index >= 15 is 0 Å². The van der Waals surface area contributed by atoms with Gasteiger partial charge in [0.1, 0.15) is 17.2 Å². The van der Waals surface area contributed by atoms with E-state index in [-0.39, 0.29) is 11.4 Å². The minimum Gasteiger partial charge on any atom is -0.497 e. The van der Waals surface area contributed by atoms with Gasteiger partial charge in [-0.25, -0.2) is 4.99 Å². The summed E-state index contributed by atoms with van der Waals surface area (Å²) in [7, 11) is 1.49. The van der Waals surface area contributed by atoms with Crippen molar-refractivity contribution in [2.45, 2.75) is 12.3 Å². The summed E-state index contributed by atoms with van der Waals surface area (Å²) in [5.74, 6) is 0.560. The number of hydrogen-bond donors (Lipinski definition) is 0. The van der Waals surface area contributed by atoms with Crippen LogP contribution in [0.25, 0.3) is 0 Å². The van der Waals surface area contributed by atoms with Gasteiger partial charge in [-0.2, -0.15) is 18.4 Å². The fourth-order valence-corrected chi connectivity index (χ4v) is 2.35. The summed E-state index contributed by atoms with van der Waals surface area (Å²) in [5, 5.41) is 12.4. The number of alkyl halides is 3. The lowest BCUT2D eigenvalue weighted by molar-refractivity contribution is -0.193. The van der Waals surface area contributed by atoms with Crippen molar-refractivity contribution >= 4 is 17.1 Å². The summed E-state index contributed by atoms with van der Waals surface area (Å²) in [6.07, 6.45) is -6.92. The predicted octanol–water partition coefficient (Wildman–Crippen LogP) is 4.00. The smallest absolute Gasteiger partial charge is 0.434 e. The quantitative estimate of drug-likeness (QED) is 0.832. The molecule has 0 saturated heterocycles. The number of ether oxygens (including phenoxy) is 1. The molecule has 0 bridgehead atoms. The van der Waals surface area contributed by atoms with Crippen LogP contribution in [0.1, 0.15) is 11.1 Å². The van der Waals surface area contributed by atoms with Gasteiger partial charge in [0.15, 0.2) is 0 Å². The van der Waals surface area contributed by atoms with E-state index in [2.05, 4.69) is 15.0 Å². The first kappa shape index (κ1) is 17.5. The molecule has 1 heterocycles. The first-order valence-electron chi connectivity index (χ1n) is 7.46. The zero-order chi connectivity index (χ0) is 18.7. The van der Waals surface area contributed by atoms with Crippen molar-refractivity contribution in [3.8, 4) is 11.8 Å². The van der Waals surface area contributed by atoms with E-state index in [1.807, 2.05) is 6.07 Å². The zero-order valence-corrected chi connectivity index (χ0v) is 13.5. The zero-order valence-electron chi connectivity index (χ0n) is 13.5. The molecule has 2 aromatic carbocycles. The van der Waals surface area contributed by atoms with Crippen molar-refractivity contribution in [2.75, 3.05) is 7.11 Å². The maximum Gasteiger partial charge on any atom is 0.434 e. The number of rotatable bonds is 3. The molecule has 0 aliphatic carbocycles. The number of nitriles is 1. The van der Waals surface area contributed by atoms with Crippen LogP contribution in [0.5, 0.6) is 5.75 Å². The summed E-state index contributed by atoms with van der Waals surface area (Å²) in [4.78, 5) is 8.72. The van der Waals surface area contributed by atoms with Crippen LogP contribution < -0.4 is 4.74 Å². The number of oxime groups is 1. The lowest BCUT2D eigenvalue weighted by atomic mass is 10.0. The van der Waals surface area contributed by atoms with Gasteiger partial charge in [0.2, 0.25) is 0 Å². The van der Waals surface area contributed by atoms with Crippen molar-refractivity contribution in [3.05, 3.63) is 59.7 Å². The van der Waals surface area contributed by atoms with E-state index in [4.69, 9.17) is 10.00 Å². The van der Waals surface area contributed by atoms with Crippen LogP contribution in [0.15, 0.2) is 58.7 Å². The highest BCUT2D eigenvalue weighted by atomic mass is 19.4. The highest BCUT2D eigenvalue weighted by Gasteiger charge is 2.50. The number of benzene rings is 2. The molecule has 2 aromatic rings.